The Morgan fingerprint density at radius 3 is 2.11 bits per heavy atom. The first-order chi connectivity index (χ1) is 13.6. The molecule has 142 valence electrons. The molecule has 0 unspecified atom stereocenters. The van der Waals surface area contributed by atoms with Crippen molar-refractivity contribution in [3.05, 3.63) is 77.8 Å². The van der Waals surface area contributed by atoms with E-state index in [1.165, 1.54) is 0 Å². The Labute approximate surface area is 167 Å². The van der Waals surface area contributed by atoms with Crippen LogP contribution in [-0.4, -0.2) is 28.4 Å². The maximum absolute atomic E-state index is 12.1. The van der Waals surface area contributed by atoms with Crippen molar-refractivity contribution >= 4 is 45.1 Å². The van der Waals surface area contributed by atoms with Crippen LogP contribution in [0.25, 0.3) is 21.8 Å². The molecule has 6 heteroatoms. The summed E-state index contributed by atoms with van der Waals surface area (Å²) in [4.78, 5) is 12.1. The van der Waals surface area contributed by atoms with Gasteiger partial charge in [-0.2, -0.15) is 0 Å². The van der Waals surface area contributed by atoms with Crippen molar-refractivity contribution in [2.45, 2.75) is 12.6 Å². The third-order valence-electron chi connectivity index (χ3n) is 4.67. The number of fused-ring (bicyclic) bond motifs is 3. The maximum atomic E-state index is 12.1. The third kappa shape index (κ3) is 3.81. The van der Waals surface area contributed by atoms with Gasteiger partial charge in [-0.25, -0.2) is 4.79 Å². The highest BCUT2D eigenvalue weighted by atomic mass is 35.5. The van der Waals surface area contributed by atoms with Crippen molar-refractivity contribution in [3.63, 3.8) is 0 Å². The van der Waals surface area contributed by atoms with E-state index < -0.39 is 6.10 Å². The van der Waals surface area contributed by atoms with Gasteiger partial charge in [0.2, 0.25) is 0 Å². The highest BCUT2D eigenvalue weighted by Crippen LogP contribution is 2.28. The minimum Gasteiger partial charge on any atom is -0.389 e. The van der Waals surface area contributed by atoms with E-state index >= 15 is 0 Å². The number of urea groups is 1. The molecule has 1 aromatic heterocycles. The molecule has 0 bridgehead atoms. The molecule has 2 amide bonds. The number of carbonyl (C=O) groups excluding carboxylic acids is 1. The van der Waals surface area contributed by atoms with Crippen LogP contribution in [0, 0.1) is 0 Å². The molecular weight excluding hydrogens is 374 g/mol. The summed E-state index contributed by atoms with van der Waals surface area (Å²) in [7, 11) is 0. The van der Waals surface area contributed by atoms with Gasteiger partial charge >= 0.3 is 6.03 Å². The summed E-state index contributed by atoms with van der Waals surface area (Å²) in [5, 5.41) is 18.8. The lowest BCUT2D eigenvalue weighted by Crippen LogP contribution is -2.37. The van der Waals surface area contributed by atoms with E-state index in [2.05, 4.69) is 27.3 Å². The number of nitrogens with zero attached hydrogens (tertiary/aromatic N) is 1. The van der Waals surface area contributed by atoms with Crippen LogP contribution in [0.5, 0.6) is 0 Å². The highest BCUT2D eigenvalue weighted by molar-refractivity contribution is 6.30. The minimum absolute atomic E-state index is 0.139. The normalized spacial score (nSPS) is 12.2. The van der Waals surface area contributed by atoms with Crippen LogP contribution in [0.4, 0.5) is 10.5 Å². The summed E-state index contributed by atoms with van der Waals surface area (Å²) in [6.45, 7) is 0.523. The largest absolute Gasteiger partial charge is 0.389 e. The summed E-state index contributed by atoms with van der Waals surface area (Å²) in [6.07, 6.45) is -0.727. The molecule has 5 nitrogen and oxygen atoms in total. The number of halogens is 1. The van der Waals surface area contributed by atoms with E-state index in [1.807, 2.05) is 36.4 Å². The third-order valence-corrected chi connectivity index (χ3v) is 4.93. The van der Waals surface area contributed by atoms with E-state index in [4.69, 9.17) is 11.6 Å². The second kappa shape index (κ2) is 7.92. The summed E-state index contributed by atoms with van der Waals surface area (Å²) >= 11 is 5.84. The van der Waals surface area contributed by atoms with Gasteiger partial charge in [0.1, 0.15) is 0 Å². The summed E-state index contributed by atoms with van der Waals surface area (Å²) in [5.41, 5.74) is 2.76. The Bertz CT molecular complexity index is 1070. The van der Waals surface area contributed by atoms with E-state index in [-0.39, 0.29) is 12.6 Å². The van der Waals surface area contributed by atoms with E-state index in [0.29, 0.717) is 17.3 Å². The molecular formula is C22H20ClN3O2. The number of amides is 2. The quantitative estimate of drug-likeness (QED) is 0.462. The standard InChI is InChI=1S/C22H20ClN3O2/c23-15-9-11-16(12-10-15)25-22(28)24-13-17(27)14-26-20-7-3-1-5-18(20)19-6-2-4-8-21(19)26/h1-12,17,27H,13-14H2,(H2,24,25,28)/t17-/m0/s1. The Morgan fingerprint density at radius 1 is 0.929 bits per heavy atom. The van der Waals surface area contributed by atoms with E-state index in [1.54, 1.807) is 24.3 Å². The lowest BCUT2D eigenvalue weighted by molar-refractivity contribution is 0.155. The molecule has 0 spiro atoms. The van der Waals surface area contributed by atoms with Crippen molar-refractivity contribution in [2.24, 2.45) is 0 Å². The fourth-order valence-electron chi connectivity index (χ4n) is 3.39. The monoisotopic (exact) mass is 393 g/mol. The molecule has 0 saturated heterocycles. The van der Waals surface area contributed by atoms with Crippen LogP contribution in [-0.2, 0) is 6.54 Å². The predicted octanol–water partition coefficient (Wildman–Crippen LogP) is 4.63. The number of hydrogen-bond acceptors (Lipinski definition) is 2. The molecule has 3 aromatic carbocycles. The lowest BCUT2D eigenvalue weighted by Gasteiger charge is -2.15. The van der Waals surface area contributed by atoms with Crippen LogP contribution in [0.3, 0.4) is 0 Å². The van der Waals surface area contributed by atoms with Gasteiger partial charge in [-0.05, 0) is 36.4 Å². The molecule has 0 aliphatic rings. The van der Waals surface area contributed by atoms with Crippen molar-refractivity contribution in [3.8, 4) is 0 Å². The highest BCUT2D eigenvalue weighted by Gasteiger charge is 2.14. The molecule has 4 rings (SSSR count). The summed E-state index contributed by atoms with van der Waals surface area (Å²) in [6, 6.07) is 22.7. The van der Waals surface area contributed by atoms with Crippen molar-refractivity contribution < 1.29 is 9.90 Å². The van der Waals surface area contributed by atoms with E-state index in [9.17, 15) is 9.90 Å². The van der Waals surface area contributed by atoms with Crippen LogP contribution >= 0.6 is 11.6 Å². The maximum Gasteiger partial charge on any atom is 0.319 e. The summed E-state index contributed by atoms with van der Waals surface area (Å²) in [5.74, 6) is 0. The van der Waals surface area contributed by atoms with Crippen molar-refractivity contribution in [1.29, 1.82) is 0 Å². The minimum atomic E-state index is -0.727. The number of para-hydroxylation sites is 2. The molecule has 28 heavy (non-hydrogen) atoms. The Kier molecular flexibility index (Phi) is 5.19. The Morgan fingerprint density at radius 2 is 1.50 bits per heavy atom. The molecule has 4 aromatic rings. The number of rotatable bonds is 5. The fraction of sp³-hybridized carbons (Fsp3) is 0.136. The van der Waals surface area contributed by atoms with Gasteiger partial charge in [-0.3, -0.25) is 0 Å². The lowest BCUT2D eigenvalue weighted by atomic mass is 10.2. The Hall–Kier alpha value is -3.02. The first kappa shape index (κ1) is 18.3. The molecule has 1 atom stereocenters. The van der Waals surface area contributed by atoms with Crippen LogP contribution < -0.4 is 10.6 Å². The number of carbonyl (C=O) groups is 1. The predicted molar refractivity (Wildman–Crippen MR) is 114 cm³/mol. The zero-order valence-corrected chi connectivity index (χ0v) is 15.9. The van der Waals surface area contributed by atoms with Crippen molar-refractivity contribution in [1.82, 2.24) is 9.88 Å². The molecule has 1 heterocycles. The van der Waals surface area contributed by atoms with Gasteiger partial charge in [0.05, 0.1) is 12.6 Å². The zero-order chi connectivity index (χ0) is 19.5. The zero-order valence-electron chi connectivity index (χ0n) is 15.1. The van der Waals surface area contributed by atoms with Gasteiger partial charge in [0, 0.05) is 39.1 Å². The van der Waals surface area contributed by atoms with Crippen LogP contribution in [0.15, 0.2) is 72.8 Å². The number of anilines is 1. The second-order valence-electron chi connectivity index (χ2n) is 6.64. The Balaban J connectivity index is 1.44. The van der Waals surface area contributed by atoms with Gasteiger partial charge in [0.25, 0.3) is 0 Å². The SMILES string of the molecule is O=C(NC[C@H](O)Cn1c2ccccc2c2ccccc21)Nc1ccc(Cl)cc1. The number of benzene rings is 3. The first-order valence-corrected chi connectivity index (χ1v) is 9.44. The molecule has 0 aliphatic heterocycles. The number of aromatic nitrogens is 1. The van der Waals surface area contributed by atoms with Gasteiger partial charge in [-0.1, -0.05) is 48.0 Å². The first-order valence-electron chi connectivity index (χ1n) is 9.06. The number of aliphatic hydroxyl groups is 1. The second-order valence-corrected chi connectivity index (χ2v) is 7.08. The van der Waals surface area contributed by atoms with Gasteiger partial charge < -0.3 is 20.3 Å². The molecule has 0 fully saturated rings. The van der Waals surface area contributed by atoms with Gasteiger partial charge in [0.15, 0.2) is 0 Å². The van der Waals surface area contributed by atoms with Crippen LogP contribution in [0.1, 0.15) is 0 Å². The average molecular weight is 394 g/mol. The topological polar surface area (TPSA) is 66.3 Å². The van der Waals surface area contributed by atoms with E-state index in [0.717, 1.165) is 21.8 Å². The smallest absolute Gasteiger partial charge is 0.319 e. The molecule has 0 aliphatic carbocycles. The summed E-state index contributed by atoms with van der Waals surface area (Å²) < 4.78 is 2.09. The number of aliphatic hydroxyl groups excluding tert-OH is 1. The number of hydrogen-bond donors (Lipinski definition) is 3. The fourth-order valence-corrected chi connectivity index (χ4v) is 3.52. The molecule has 3 N–H and O–H groups in total. The van der Waals surface area contributed by atoms with Gasteiger partial charge in [-0.15, -0.1) is 0 Å². The average Bonchev–Trinajstić information content (AvgIpc) is 3.02. The number of nitrogens with one attached hydrogen (secondary N) is 2. The van der Waals surface area contributed by atoms with Crippen LogP contribution in [0.2, 0.25) is 5.02 Å². The van der Waals surface area contributed by atoms with Crippen molar-refractivity contribution in [2.75, 3.05) is 11.9 Å². The molecule has 0 radical (unpaired) electrons. The molecule has 0 saturated carbocycles.